The van der Waals surface area contributed by atoms with Gasteiger partial charge in [0, 0.05) is 12.7 Å². The number of nitrogens with zero attached hydrogens (tertiary/aromatic N) is 2. The Morgan fingerprint density at radius 3 is 2.52 bits per heavy atom. The monoisotopic (exact) mass is 355 g/mol. The molecule has 3 aromatic carbocycles. The van der Waals surface area contributed by atoms with Gasteiger partial charge in [0.05, 0.1) is 18.3 Å². The van der Waals surface area contributed by atoms with Crippen LogP contribution < -0.4 is 5.32 Å². The van der Waals surface area contributed by atoms with Gasteiger partial charge in [-0.25, -0.2) is 4.68 Å². The third kappa shape index (κ3) is 4.23. The van der Waals surface area contributed by atoms with Crippen molar-refractivity contribution in [3.05, 3.63) is 96.3 Å². The van der Waals surface area contributed by atoms with E-state index in [0.29, 0.717) is 13.0 Å². The Hall–Kier alpha value is -3.40. The summed E-state index contributed by atoms with van der Waals surface area (Å²) < 4.78 is 1.85. The maximum absolute atomic E-state index is 12.2. The zero-order valence-electron chi connectivity index (χ0n) is 15.0. The molecule has 0 aliphatic heterocycles. The van der Waals surface area contributed by atoms with Crippen LogP contribution in [0.3, 0.4) is 0 Å². The maximum atomic E-state index is 12.2. The Balaban J connectivity index is 1.30. The maximum Gasteiger partial charge on any atom is 0.224 e. The molecule has 4 aromatic rings. The summed E-state index contributed by atoms with van der Waals surface area (Å²) in [4.78, 5) is 12.2. The fraction of sp³-hybridized carbons (Fsp3) is 0.130. The first-order chi connectivity index (χ1) is 13.3. The first-order valence-corrected chi connectivity index (χ1v) is 9.11. The van der Waals surface area contributed by atoms with Gasteiger partial charge in [0.15, 0.2) is 0 Å². The highest BCUT2D eigenvalue weighted by Crippen LogP contribution is 2.16. The van der Waals surface area contributed by atoms with E-state index < -0.39 is 0 Å². The van der Waals surface area contributed by atoms with Crippen LogP contribution in [0.2, 0.25) is 0 Å². The molecular weight excluding hydrogens is 334 g/mol. The number of benzene rings is 3. The van der Waals surface area contributed by atoms with E-state index in [1.54, 1.807) is 0 Å². The molecule has 0 unspecified atom stereocenters. The van der Waals surface area contributed by atoms with Crippen molar-refractivity contribution in [3.63, 3.8) is 0 Å². The van der Waals surface area contributed by atoms with Crippen LogP contribution >= 0.6 is 0 Å². The fourth-order valence-electron chi connectivity index (χ4n) is 3.15. The van der Waals surface area contributed by atoms with E-state index in [-0.39, 0.29) is 5.91 Å². The van der Waals surface area contributed by atoms with Gasteiger partial charge in [-0.3, -0.25) is 4.79 Å². The number of hydrogen-bond donors (Lipinski definition) is 1. The summed E-state index contributed by atoms with van der Waals surface area (Å²) in [6.07, 6.45) is 5.01. The highest BCUT2D eigenvalue weighted by atomic mass is 16.1. The molecule has 0 radical (unpaired) electrons. The molecule has 1 amide bonds. The van der Waals surface area contributed by atoms with E-state index in [1.165, 1.54) is 5.39 Å². The molecule has 1 aromatic heterocycles. The van der Waals surface area contributed by atoms with Crippen molar-refractivity contribution >= 4 is 16.7 Å². The van der Waals surface area contributed by atoms with E-state index in [0.717, 1.165) is 28.6 Å². The quantitative estimate of drug-likeness (QED) is 0.570. The molecule has 0 saturated heterocycles. The summed E-state index contributed by atoms with van der Waals surface area (Å²) >= 11 is 0. The number of nitrogens with one attached hydrogen (secondary N) is 1. The summed E-state index contributed by atoms with van der Waals surface area (Å²) in [6.45, 7) is 0.604. The smallest absolute Gasteiger partial charge is 0.224 e. The average molecular weight is 355 g/mol. The number of hydrogen-bond acceptors (Lipinski definition) is 2. The van der Waals surface area contributed by atoms with Gasteiger partial charge < -0.3 is 5.32 Å². The molecule has 0 fully saturated rings. The minimum atomic E-state index is 0.0423. The van der Waals surface area contributed by atoms with Crippen molar-refractivity contribution in [1.82, 2.24) is 15.1 Å². The standard InChI is InChI=1S/C23H21N3O/c27-23(15-18-10-11-20-6-4-5-7-21(20)14-18)24-13-12-19-16-25-26(17-19)22-8-2-1-3-9-22/h1-11,14,16-17H,12-13,15H2,(H,24,27). The van der Waals surface area contributed by atoms with Gasteiger partial charge in [-0.05, 0) is 40.5 Å². The summed E-state index contributed by atoms with van der Waals surface area (Å²) in [7, 11) is 0. The van der Waals surface area contributed by atoms with Crippen LogP contribution in [0.1, 0.15) is 11.1 Å². The van der Waals surface area contributed by atoms with Gasteiger partial charge in [-0.2, -0.15) is 5.10 Å². The van der Waals surface area contributed by atoms with Crippen molar-refractivity contribution in [2.45, 2.75) is 12.8 Å². The normalized spacial score (nSPS) is 10.8. The van der Waals surface area contributed by atoms with Crippen LogP contribution in [-0.4, -0.2) is 22.2 Å². The molecule has 0 aliphatic carbocycles. The van der Waals surface area contributed by atoms with Crippen LogP contribution in [0.15, 0.2) is 85.2 Å². The first-order valence-electron chi connectivity index (χ1n) is 9.11. The molecule has 4 nitrogen and oxygen atoms in total. The molecule has 4 rings (SSSR count). The zero-order chi connectivity index (χ0) is 18.5. The Morgan fingerprint density at radius 1 is 0.889 bits per heavy atom. The van der Waals surface area contributed by atoms with Crippen molar-refractivity contribution < 1.29 is 4.79 Å². The zero-order valence-corrected chi connectivity index (χ0v) is 15.0. The second kappa shape index (κ2) is 7.87. The molecule has 1 N–H and O–H groups in total. The first kappa shape index (κ1) is 17.0. The van der Waals surface area contributed by atoms with Crippen LogP contribution in [0.4, 0.5) is 0 Å². The van der Waals surface area contributed by atoms with E-state index >= 15 is 0 Å². The molecule has 4 heteroatoms. The Bertz CT molecular complexity index is 1050. The van der Waals surface area contributed by atoms with Gasteiger partial charge in [-0.1, -0.05) is 60.7 Å². The summed E-state index contributed by atoms with van der Waals surface area (Å²) in [5.41, 5.74) is 3.16. The second-order valence-electron chi connectivity index (χ2n) is 6.59. The summed E-state index contributed by atoms with van der Waals surface area (Å²) in [5.74, 6) is 0.0423. The lowest BCUT2D eigenvalue weighted by Gasteiger charge is -2.06. The van der Waals surface area contributed by atoms with E-state index in [9.17, 15) is 4.79 Å². The molecule has 0 saturated carbocycles. The highest BCUT2D eigenvalue weighted by molar-refractivity contribution is 5.85. The molecule has 0 atom stereocenters. The fourth-order valence-corrected chi connectivity index (χ4v) is 3.15. The number of aromatic nitrogens is 2. The largest absolute Gasteiger partial charge is 0.355 e. The summed E-state index contributed by atoms with van der Waals surface area (Å²) in [5, 5.41) is 9.74. The van der Waals surface area contributed by atoms with Gasteiger partial charge in [0.2, 0.25) is 5.91 Å². The number of amides is 1. The molecule has 0 aliphatic rings. The number of para-hydroxylation sites is 1. The average Bonchev–Trinajstić information content (AvgIpc) is 3.17. The Kier molecular flexibility index (Phi) is 4.97. The van der Waals surface area contributed by atoms with Crippen LogP contribution in [-0.2, 0) is 17.6 Å². The molecule has 0 bridgehead atoms. The Labute approximate surface area is 158 Å². The molecule has 27 heavy (non-hydrogen) atoms. The number of fused-ring (bicyclic) bond motifs is 1. The molecular formula is C23H21N3O. The minimum absolute atomic E-state index is 0.0423. The van der Waals surface area contributed by atoms with Crippen LogP contribution in [0, 0.1) is 0 Å². The lowest BCUT2D eigenvalue weighted by molar-refractivity contribution is -0.120. The van der Waals surface area contributed by atoms with E-state index in [1.807, 2.05) is 65.6 Å². The topological polar surface area (TPSA) is 46.9 Å². The van der Waals surface area contributed by atoms with Gasteiger partial charge in [-0.15, -0.1) is 0 Å². The second-order valence-corrected chi connectivity index (χ2v) is 6.59. The van der Waals surface area contributed by atoms with E-state index in [2.05, 4.69) is 34.7 Å². The number of rotatable bonds is 6. The summed E-state index contributed by atoms with van der Waals surface area (Å²) in [6, 6.07) is 24.4. The minimum Gasteiger partial charge on any atom is -0.355 e. The third-order valence-electron chi connectivity index (χ3n) is 4.57. The number of carbonyl (C=O) groups is 1. The van der Waals surface area contributed by atoms with Crippen molar-refractivity contribution in [2.75, 3.05) is 6.54 Å². The van der Waals surface area contributed by atoms with Crippen LogP contribution in [0.5, 0.6) is 0 Å². The van der Waals surface area contributed by atoms with Crippen molar-refractivity contribution in [1.29, 1.82) is 0 Å². The molecule has 134 valence electrons. The lowest BCUT2D eigenvalue weighted by Crippen LogP contribution is -2.27. The highest BCUT2D eigenvalue weighted by Gasteiger charge is 2.05. The SMILES string of the molecule is O=C(Cc1ccc2ccccc2c1)NCCc1cnn(-c2ccccc2)c1. The van der Waals surface area contributed by atoms with Crippen molar-refractivity contribution in [3.8, 4) is 5.69 Å². The van der Waals surface area contributed by atoms with Crippen LogP contribution in [0.25, 0.3) is 16.5 Å². The van der Waals surface area contributed by atoms with Gasteiger partial charge >= 0.3 is 0 Å². The number of carbonyl (C=O) groups excluding carboxylic acids is 1. The Morgan fingerprint density at radius 2 is 1.67 bits per heavy atom. The molecule has 0 spiro atoms. The van der Waals surface area contributed by atoms with E-state index in [4.69, 9.17) is 0 Å². The van der Waals surface area contributed by atoms with Crippen molar-refractivity contribution in [2.24, 2.45) is 0 Å². The third-order valence-corrected chi connectivity index (χ3v) is 4.57. The van der Waals surface area contributed by atoms with Gasteiger partial charge in [0.25, 0.3) is 0 Å². The van der Waals surface area contributed by atoms with Gasteiger partial charge in [0.1, 0.15) is 0 Å². The lowest BCUT2D eigenvalue weighted by atomic mass is 10.0. The predicted molar refractivity (Wildman–Crippen MR) is 108 cm³/mol. The predicted octanol–water partition coefficient (Wildman–Crippen LogP) is 3.93. The molecule has 1 heterocycles.